The Morgan fingerprint density at radius 1 is 1.60 bits per heavy atom. The molecule has 3 N–H and O–H groups in total. The molecule has 0 unspecified atom stereocenters. The van der Waals surface area contributed by atoms with Crippen LogP contribution in [0.2, 0.25) is 0 Å². The van der Waals surface area contributed by atoms with Gasteiger partial charge in [0.15, 0.2) is 11.4 Å². The van der Waals surface area contributed by atoms with Gasteiger partial charge < -0.3 is 15.7 Å². The van der Waals surface area contributed by atoms with Gasteiger partial charge in [-0.2, -0.15) is 0 Å². The van der Waals surface area contributed by atoms with Gasteiger partial charge in [-0.25, -0.2) is 4.98 Å². The number of fused-ring (bicyclic) bond motifs is 1. The second-order valence-corrected chi connectivity index (χ2v) is 5.15. The molecule has 6 heteroatoms. The highest BCUT2D eigenvalue weighted by Crippen LogP contribution is 2.20. The number of imidazole rings is 1. The Hall–Kier alpha value is -2.08. The quantitative estimate of drug-likeness (QED) is 0.758. The Bertz CT molecular complexity index is 644. The largest absolute Gasteiger partial charge is 0.504 e. The molecule has 3 rings (SSSR count). The van der Waals surface area contributed by atoms with Crippen LogP contribution in [-0.4, -0.2) is 39.5 Å². The number of hydrogen-bond acceptors (Lipinski definition) is 4. The van der Waals surface area contributed by atoms with Crippen LogP contribution in [0.5, 0.6) is 5.75 Å². The third-order valence-electron chi connectivity index (χ3n) is 3.65. The van der Waals surface area contributed by atoms with Crippen LogP contribution in [0.3, 0.4) is 0 Å². The molecular formula is C14H18N4O2. The fourth-order valence-corrected chi connectivity index (χ4v) is 2.67. The Kier molecular flexibility index (Phi) is 3.31. The van der Waals surface area contributed by atoms with Crippen LogP contribution in [0.4, 0.5) is 0 Å². The molecule has 2 aromatic rings. The maximum absolute atomic E-state index is 12.4. The van der Waals surface area contributed by atoms with Crippen LogP contribution in [0.25, 0.3) is 5.65 Å². The molecule has 1 aliphatic heterocycles. The predicted molar refractivity (Wildman–Crippen MR) is 75.0 cm³/mol. The lowest BCUT2D eigenvalue weighted by molar-refractivity contribution is 0.0924. The third-order valence-corrected chi connectivity index (χ3v) is 3.65. The van der Waals surface area contributed by atoms with Crippen molar-refractivity contribution >= 4 is 11.6 Å². The van der Waals surface area contributed by atoms with Crippen LogP contribution >= 0.6 is 0 Å². The average Bonchev–Trinajstić information content (AvgIpc) is 2.78. The summed E-state index contributed by atoms with van der Waals surface area (Å²) >= 11 is 0. The molecule has 20 heavy (non-hydrogen) atoms. The number of piperidine rings is 1. The summed E-state index contributed by atoms with van der Waals surface area (Å²) in [6.45, 7) is 3.59. The number of aromatic nitrogens is 2. The van der Waals surface area contributed by atoms with E-state index in [4.69, 9.17) is 0 Å². The van der Waals surface area contributed by atoms with E-state index in [0.29, 0.717) is 17.0 Å². The number of carbonyl (C=O) groups is 1. The van der Waals surface area contributed by atoms with Crippen molar-refractivity contribution in [3.8, 4) is 5.75 Å². The molecule has 0 bridgehead atoms. The molecule has 3 heterocycles. The second kappa shape index (κ2) is 5.13. The molecule has 6 nitrogen and oxygen atoms in total. The SMILES string of the molecule is Cc1nc2c(O)cccn2c1C(=O)N[C@H]1CCCNC1. The monoisotopic (exact) mass is 274 g/mol. The Labute approximate surface area is 116 Å². The fraction of sp³-hybridized carbons (Fsp3) is 0.429. The van der Waals surface area contributed by atoms with E-state index in [-0.39, 0.29) is 17.7 Å². The number of amides is 1. The van der Waals surface area contributed by atoms with Gasteiger partial charge in [0.1, 0.15) is 5.69 Å². The van der Waals surface area contributed by atoms with E-state index in [9.17, 15) is 9.90 Å². The number of rotatable bonds is 2. The molecule has 0 radical (unpaired) electrons. The smallest absolute Gasteiger partial charge is 0.270 e. The maximum atomic E-state index is 12.4. The summed E-state index contributed by atoms with van der Waals surface area (Å²) in [5, 5.41) is 16.1. The first-order chi connectivity index (χ1) is 9.66. The molecule has 1 aliphatic rings. The van der Waals surface area contributed by atoms with Gasteiger partial charge in [0.2, 0.25) is 0 Å². The van der Waals surface area contributed by atoms with E-state index < -0.39 is 0 Å². The first kappa shape index (κ1) is 12.9. The topological polar surface area (TPSA) is 78.7 Å². The molecule has 106 valence electrons. The number of hydrogen-bond donors (Lipinski definition) is 3. The fourth-order valence-electron chi connectivity index (χ4n) is 2.67. The van der Waals surface area contributed by atoms with Crippen molar-refractivity contribution in [1.82, 2.24) is 20.0 Å². The van der Waals surface area contributed by atoms with Crippen LogP contribution < -0.4 is 10.6 Å². The summed E-state index contributed by atoms with van der Waals surface area (Å²) in [5.74, 6) is -0.0664. The van der Waals surface area contributed by atoms with Crippen molar-refractivity contribution in [3.63, 3.8) is 0 Å². The van der Waals surface area contributed by atoms with Gasteiger partial charge in [0.05, 0.1) is 5.69 Å². The van der Waals surface area contributed by atoms with Crippen molar-refractivity contribution in [2.75, 3.05) is 13.1 Å². The van der Waals surface area contributed by atoms with Gasteiger partial charge in [0.25, 0.3) is 5.91 Å². The van der Waals surface area contributed by atoms with Crippen molar-refractivity contribution in [2.24, 2.45) is 0 Å². The summed E-state index contributed by atoms with van der Waals surface area (Å²) in [6, 6.07) is 3.41. The van der Waals surface area contributed by atoms with Gasteiger partial charge in [0, 0.05) is 18.8 Å². The molecule has 0 aromatic carbocycles. The van der Waals surface area contributed by atoms with Crippen molar-refractivity contribution in [3.05, 3.63) is 29.7 Å². The minimum Gasteiger partial charge on any atom is -0.504 e. The highest BCUT2D eigenvalue weighted by Gasteiger charge is 2.21. The van der Waals surface area contributed by atoms with E-state index in [1.807, 2.05) is 0 Å². The molecule has 1 fully saturated rings. The van der Waals surface area contributed by atoms with Gasteiger partial charge in [-0.05, 0) is 38.4 Å². The molecular weight excluding hydrogens is 256 g/mol. The number of pyridine rings is 1. The zero-order valence-corrected chi connectivity index (χ0v) is 11.4. The number of aryl methyl sites for hydroxylation is 1. The summed E-state index contributed by atoms with van der Waals surface area (Å²) in [7, 11) is 0. The number of nitrogens with zero attached hydrogens (tertiary/aromatic N) is 2. The highest BCUT2D eigenvalue weighted by atomic mass is 16.3. The van der Waals surface area contributed by atoms with Crippen LogP contribution in [-0.2, 0) is 0 Å². The Morgan fingerprint density at radius 3 is 3.20 bits per heavy atom. The maximum Gasteiger partial charge on any atom is 0.270 e. The summed E-state index contributed by atoms with van der Waals surface area (Å²) in [4.78, 5) is 16.7. The molecule has 1 amide bonds. The van der Waals surface area contributed by atoms with Gasteiger partial charge in [-0.1, -0.05) is 0 Å². The standard InChI is InChI=1S/C14H18N4O2/c1-9-12(14(20)17-10-4-2-6-15-8-10)18-7-3-5-11(19)13(18)16-9/h3,5,7,10,15,19H,2,4,6,8H2,1H3,(H,17,20)/t10-/m0/s1. The highest BCUT2D eigenvalue weighted by molar-refractivity contribution is 5.95. The Balaban J connectivity index is 1.91. The van der Waals surface area contributed by atoms with Crippen LogP contribution in [0.1, 0.15) is 29.0 Å². The normalized spacial score (nSPS) is 19.1. The van der Waals surface area contributed by atoms with Crippen molar-refractivity contribution in [2.45, 2.75) is 25.8 Å². The van der Waals surface area contributed by atoms with Gasteiger partial charge in [-0.3, -0.25) is 9.20 Å². The second-order valence-electron chi connectivity index (χ2n) is 5.15. The average molecular weight is 274 g/mol. The number of nitrogens with one attached hydrogen (secondary N) is 2. The van der Waals surface area contributed by atoms with E-state index in [0.717, 1.165) is 25.9 Å². The Morgan fingerprint density at radius 2 is 2.45 bits per heavy atom. The zero-order valence-electron chi connectivity index (χ0n) is 11.4. The molecule has 2 aromatic heterocycles. The lowest BCUT2D eigenvalue weighted by Gasteiger charge is -2.23. The van der Waals surface area contributed by atoms with E-state index >= 15 is 0 Å². The summed E-state index contributed by atoms with van der Waals surface area (Å²) in [6.07, 6.45) is 3.79. The first-order valence-corrected chi connectivity index (χ1v) is 6.85. The predicted octanol–water partition coefficient (Wildman–Crippen LogP) is 0.830. The minimum absolute atomic E-state index is 0.0778. The first-order valence-electron chi connectivity index (χ1n) is 6.85. The zero-order chi connectivity index (χ0) is 14.1. The summed E-state index contributed by atoms with van der Waals surface area (Å²) in [5.41, 5.74) is 1.52. The van der Waals surface area contributed by atoms with Gasteiger partial charge in [-0.15, -0.1) is 0 Å². The van der Waals surface area contributed by atoms with Gasteiger partial charge >= 0.3 is 0 Å². The molecule has 1 saturated heterocycles. The van der Waals surface area contributed by atoms with E-state index in [2.05, 4.69) is 15.6 Å². The third kappa shape index (κ3) is 2.22. The molecule has 0 saturated carbocycles. The lowest BCUT2D eigenvalue weighted by atomic mass is 10.1. The minimum atomic E-state index is -0.144. The molecule has 1 atom stereocenters. The molecule has 0 aliphatic carbocycles. The van der Waals surface area contributed by atoms with Crippen LogP contribution in [0.15, 0.2) is 18.3 Å². The van der Waals surface area contributed by atoms with Crippen LogP contribution in [0, 0.1) is 6.92 Å². The summed E-state index contributed by atoms with van der Waals surface area (Å²) < 4.78 is 1.64. The van der Waals surface area contributed by atoms with E-state index in [1.54, 1.807) is 29.7 Å². The van der Waals surface area contributed by atoms with E-state index in [1.165, 1.54) is 0 Å². The van der Waals surface area contributed by atoms with Crippen molar-refractivity contribution < 1.29 is 9.90 Å². The van der Waals surface area contributed by atoms with Crippen molar-refractivity contribution in [1.29, 1.82) is 0 Å². The number of carbonyl (C=O) groups excluding carboxylic acids is 1. The number of aromatic hydroxyl groups is 1. The lowest BCUT2D eigenvalue weighted by Crippen LogP contribution is -2.46. The molecule has 0 spiro atoms.